The molecule has 1 rings (SSSR count). The quantitative estimate of drug-likeness (QED) is 0.280. The van der Waals surface area contributed by atoms with Gasteiger partial charge in [-0.25, -0.2) is 4.98 Å². The lowest BCUT2D eigenvalue weighted by molar-refractivity contribution is 0.563. The van der Waals surface area contributed by atoms with Gasteiger partial charge >= 0.3 is 0 Å². The van der Waals surface area contributed by atoms with Crippen molar-refractivity contribution in [2.45, 2.75) is 83.1 Å². The molecule has 0 aromatic carbocycles. The molecule has 1 aromatic rings. The molecule has 0 radical (unpaired) electrons. The summed E-state index contributed by atoms with van der Waals surface area (Å²) in [5.41, 5.74) is 0. The Kier molecular flexibility index (Phi) is 13.1. The summed E-state index contributed by atoms with van der Waals surface area (Å²) in [4.78, 5) is 4.04. The van der Waals surface area contributed by atoms with E-state index in [4.69, 9.17) is 11.6 Å². The molecule has 0 N–H and O–H groups in total. The molecule has 0 saturated carbocycles. The molecule has 0 aliphatic carbocycles. The number of imidazole rings is 1. The van der Waals surface area contributed by atoms with E-state index in [1.54, 1.807) is 6.20 Å². The molecule has 0 amide bonds. The molecule has 4 heteroatoms. The maximum Gasteiger partial charge on any atom is 0.0946 e. The molecule has 0 aliphatic rings. The zero-order valence-corrected chi connectivity index (χ0v) is 15.8. The number of nitrogens with zero attached hydrogens (tertiary/aromatic N) is 2. The van der Waals surface area contributed by atoms with Gasteiger partial charge in [0.05, 0.1) is 11.7 Å². The second kappa shape index (κ2) is 14.4. The summed E-state index contributed by atoms with van der Waals surface area (Å²) in [5, 5.41) is 0.210. The molecule has 1 atom stereocenters. The van der Waals surface area contributed by atoms with Crippen molar-refractivity contribution < 1.29 is 0 Å². The first-order chi connectivity index (χ1) is 10.8. The van der Waals surface area contributed by atoms with Crippen molar-refractivity contribution in [3.8, 4) is 0 Å². The molecule has 128 valence electrons. The van der Waals surface area contributed by atoms with Crippen molar-refractivity contribution in [1.29, 1.82) is 0 Å². The fraction of sp³-hybridized carbons (Fsp3) is 0.833. The van der Waals surface area contributed by atoms with E-state index in [0.717, 1.165) is 12.3 Å². The minimum absolute atomic E-state index is 0.210. The predicted octanol–water partition coefficient (Wildman–Crippen LogP) is 6.14. The Balaban J connectivity index is 1.78. The number of aromatic nitrogens is 2. The van der Waals surface area contributed by atoms with Crippen LogP contribution in [0.15, 0.2) is 18.7 Å². The van der Waals surface area contributed by atoms with Gasteiger partial charge in [0.1, 0.15) is 0 Å². The fourth-order valence-corrected chi connectivity index (χ4v) is 3.94. The first-order valence-corrected chi connectivity index (χ1v) is 10.6. The monoisotopic (exact) mass is 344 g/mol. The summed E-state index contributed by atoms with van der Waals surface area (Å²) in [6, 6.07) is 0. The number of hydrogen-bond acceptors (Lipinski definition) is 2. The summed E-state index contributed by atoms with van der Waals surface area (Å²) in [5.74, 6) is 2.29. The average Bonchev–Trinajstić information content (AvgIpc) is 3.01. The van der Waals surface area contributed by atoms with Crippen molar-refractivity contribution >= 4 is 23.4 Å². The van der Waals surface area contributed by atoms with Crippen molar-refractivity contribution in [1.82, 2.24) is 9.55 Å². The van der Waals surface area contributed by atoms with Crippen LogP contribution in [0.5, 0.6) is 0 Å². The largest absolute Gasteiger partial charge is 0.336 e. The van der Waals surface area contributed by atoms with Crippen molar-refractivity contribution in [2.75, 3.05) is 11.5 Å². The average molecular weight is 345 g/mol. The number of rotatable bonds is 15. The van der Waals surface area contributed by atoms with E-state index in [2.05, 4.69) is 16.5 Å². The van der Waals surface area contributed by atoms with Crippen LogP contribution < -0.4 is 0 Å². The standard InChI is InChI=1S/C18H33ClN2S/c1-2-3-4-5-6-7-8-9-10-11-14-22-16-18(19)15-21-13-12-20-17-21/h12-13,17-18H,2-11,14-16H2,1H3. The fourth-order valence-electron chi connectivity index (χ4n) is 2.58. The number of thioether (sulfide) groups is 1. The zero-order valence-electron chi connectivity index (χ0n) is 14.2. The minimum atomic E-state index is 0.210. The van der Waals surface area contributed by atoms with E-state index in [1.807, 2.05) is 24.3 Å². The smallest absolute Gasteiger partial charge is 0.0946 e. The molecule has 0 bridgehead atoms. The number of unbranched alkanes of at least 4 members (excludes halogenated alkanes) is 9. The summed E-state index contributed by atoms with van der Waals surface area (Å²) in [6.07, 6.45) is 19.7. The third kappa shape index (κ3) is 11.4. The van der Waals surface area contributed by atoms with E-state index >= 15 is 0 Å². The van der Waals surface area contributed by atoms with E-state index in [-0.39, 0.29) is 5.38 Å². The molecule has 1 heterocycles. The molecule has 0 spiro atoms. The van der Waals surface area contributed by atoms with E-state index in [0.29, 0.717) is 0 Å². The Labute approximate surface area is 146 Å². The molecule has 1 aromatic heterocycles. The number of alkyl halides is 1. The highest BCUT2D eigenvalue weighted by molar-refractivity contribution is 7.99. The Bertz CT molecular complexity index is 330. The van der Waals surface area contributed by atoms with Gasteiger partial charge in [0.2, 0.25) is 0 Å². The van der Waals surface area contributed by atoms with Crippen LogP contribution in [0.2, 0.25) is 0 Å². The summed E-state index contributed by atoms with van der Waals surface area (Å²) >= 11 is 8.33. The van der Waals surface area contributed by atoms with Gasteiger partial charge in [0.25, 0.3) is 0 Å². The van der Waals surface area contributed by atoms with Gasteiger partial charge in [0.15, 0.2) is 0 Å². The van der Waals surface area contributed by atoms with E-state index in [9.17, 15) is 0 Å². The van der Waals surface area contributed by atoms with Gasteiger partial charge in [-0.2, -0.15) is 11.8 Å². The zero-order chi connectivity index (χ0) is 15.9. The van der Waals surface area contributed by atoms with Crippen LogP contribution in [-0.4, -0.2) is 26.4 Å². The van der Waals surface area contributed by atoms with Crippen LogP contribution in [0.4, 0.5) is 0 Å². The van der Waals surface area contributed by atoms with Crippen LogP contribution in [0, 0.1) is 0 Å². The maximum atomic E-state index is 6.34. The highest BCUT2D eigenvalue weighted by Gasteiger charge is 2.05. The Morgan fingerprint density at radius 2 is 1.64 bits per heavy atom. The lowest BCUT2D eigenvalue weighted by atomic mass is 10.1. The minimum Gasteiger partial charge on any atom is -0.336 e. The molecule has 0 saturated heterocycles. The maximum absolute atomic E-state index is 6.34. The second-order valence-electron chi connectivity index (χ2n) is 6.11. The highest BCUT2D eigenvalue weighted by Crippen LogP contribution is 2.15. The van der Waals surface area contributed by atoms with E-state index in [1.165, 1.54) is 70.0 Å². The highest BCUT2D eigenvalue weighted by atomic mass is 35.5. The Morgan fingerprint density at radius 1 is 1.00 bits per heavy atom. The molecular weight excluding hydrogens is 312 g/mol. The van der Waals surface area contributed by atoms with Crippen molar-refractivity contribution in [3.05, 3.63) is 18.7 Å². The topological polar surface area (TPSA) is 17.8 Å². The Morgan fingerprint density at radius 3 is 2.23 bits per heavy atom. The molecule has 0 fully saturated rings. The second-order valence-corrected chi connectivity index (χ2v) is 7.88. The lowest BCUT2D eigenvalue weighted by Crippen LogP contribution is -2.11. The van der Waals surface area contributed by atoms with Crippen LogP contribution >= 0.6 is 23.4 Å². The van der Waals surface area contributed by atoms with Crippen LogP contribution in [0.3, 0.4) is 0 Å². The van der Waals surface area contributed by atoms with Gasteiger partial charge in [-0.15, -0.1) is 11.6 Å². The predicted molar refractivity (Wildman–Crippen MR) is 101 cm³/mol. The Hall–Kier alpha value is -0.150. The third-order valence-electron chi connectivity index (χ3n) is 3.91. The van der Waals surface area contributed by atoms with Gasteiger partial charge in [0, 0.05) is 24.7 Å². The normalized spacial score (nSPS) is 12.6. The first-order valence-electron chi connectivity index (χ1n) is 9.00. The van der Waals surface area contributed by atoms with Gasteiger partial charge in [-0.3, -0.25) is 0 Å². The molecule has 1 unspecified atom stereocenters. The lowest BCUT2D eigenvalue weighted by Gasteiger charge is -2.09. The van der Waals surface area contributed by atoms with Gasteiger partial charge < -0.3 is 4.57 Å². The summed E-state index contributed by atoms with van der Waals surface area (Å²) < 4.78 is 2.05. The van der Waals surface area contributed by atoms with Gasteiger partial charge in [-0.1, -0.05) is 64.7 Å². The van der Waals surface area contributed by atoms with Gasteiger partial charge in [-0.05, 0) is 12.2 Å². The van der Waals surface area contributed by atoms with E-state index < -0.39 is 0 Å². The SMILES string of the molecule is CCCCCCCCCCCCSCC(Cl)Cn1ccnc1. The van der Waals surface area contributed by atoms with Crippen LogP contribution in [0.1, 0.15) is 71.1 Å². The molecule has 0 aliphatic heterocycles. The summed E-state index contributed by atoms with van der Waals surface area (Å²) in [7, 11) is 0. The number of hydrogen-bond donors (Lipinski definition) is 0. The van der Waals surface area contributed by atoms with Crippen LogP contribution in [0.25, 0.3) is 0 Å². The first kappa shape index (κ1) is 19.9. The van der Waals surface area contributed by atoms with Crippen molar-refractivity contribution in [2.24, 2.45) is 0 Å². The number of halogens is 1. The van der Waals surface area contributed by atoms with Crippen LogP contribution in [-0.2, 0) is 6.54 Å². The molecule has 2 nitrogen and oxygen atoms in total. The molecule has 22 heavy (non-hydrogen) atoms. The third-order valence-corrected chi connectivity index (χ3v) is 5.60. The summed E-state index contributed by atoms with van der Waals surface area (Å²) in [6.45, 7) is 3.15. The molecular formula is C18H33ClN2S. The van der Waals surface area contributed by atoms with Crippen molar-refractivity contribution in [3.63, 3.8) is 0 Å².